The number of sulfone groups is 1. The summed E-state index contributed by atoms with van der Waals surface area (Å²) < 4.78 is 26.4. The molecule has 1 aliphatic carbocycles. The van der Waals surface area contributed by atoms with Crippen molar-refractivity contribution in [3.63, 3.8) is 0 Å². The minimum atomic E-state index is -3.75. The van der Waals surface area contributed by atoms with E-state index in [1.807, 2.05) is 0 Å². The third-order valence-electron chi connectivity index (χ3n) is 2.58. The number of rotatable bonds is 6. The van der Waals surface area contributed by atoms with Crippen molar-refractivity contribution in [2.45, 2.75) is 31.4 Å². The molecule has 0 bridgehead atoms. The Balaban J connectivity index is 2.52. The van der Waals surface area contributed by atoms with Crippen LogP contribution in [-0.4, -0.2) is 36.8 Å². The highest BCUT2D eigenvalue weighted by atomic mass is 32.2. The van der Waals surface area contributed by atoms with E-state index in [2.05, 4.69) is 0 Å². The van der Waals surface area contributed by atoms with Crippen molar-refractivity contribution in [2.75, 3.05) is 12.5 Å². The van der Waals surface area contributed by atoms with Crippen molar-refractivity contribution in [1.82, 2.24) is 0 Å². The summed E-state index contributed by atoms with van der Waals surface area (Å²) in [7, 11) is -3.75. The van der Waals surface area contributed by atoms with Gasteiger partial charge in [0.05, 0.1) is 6.61 Å². The minimum absolute atomic E-state index is 0.412. The summed E-state index contributed by atoms with van der Waals surface area (Å²) >= 11 is 0. The highest BCUT2D eigenvalue weighted by Crippen LogP contribution is 2.29. The highest BCUT2D eigenvalue weighted by Gasteiger charge is 2.42. The number of carboxylic acids is 1. The number of hydrogen-bond donors (Lipinski definition) is 1. The van der Waals surface area contributed by atoms with Crippen molar-refractivity contribution < 1.29 is 23.1 Å². The molecule has 1 rings (SSSR count). The van der Waals surface area contributed by atoms with E-state index in [0.717, 1.165) is 12.8 Å². The van der Waals surface area contributed by atoms with Crippen LogP contribution in [0.25, 0.3) is 0 Å². The molecule has 1 aliphatic rings. The van der Waals surface area contributed by atoms with Crippen LogP contribution in [0, 0.1) is 5.92 Å². The lowest BCUT2D eigenvalue weighted by Gasteiger charge is -2.19. The second kappa shape index (κ2) is 4.09. The molecule has 0 amide bonds. The van der Waals surface area contributed by atoms with Crippen LogP contribution >= 0.6 is 0 Å². The van der Waals surface area contributed by atoms with Crippen LogP contribution in [0.1, 0.15) is 26.7 Å². The first-order valence-electron chi connectivity index (χ1n) is 4.81. The molecule has 0 radical (unpaired) electrons. The normalized spacial score (nSPS) is 17.7. The van der Waals surface area contributed by atoms with Crippen molar-refractivity contribution in [1.29, 1.82) is 0 Å². The fourth-order valence-electron chi connectivity index (χ4n) is 0.889. The molecule has 88 valence electrons. The second-order valence-corrected chi connectivity index (χ2v) is 6.85. The van der Waals surface area contributed by atoms with Crippen LogP contribution in [0.4, 0.5) is 0 Å². The zero-order valence-electron chi connectivity index (χ0n) is 8.89. The highest BCUT2D eigenvalue weighted by molar-refractivity contribution is 7.93. The third-order valence-corrected chi connectivity index (χ3v) is 4.79. The van der Waals surface area contributed by atoms with Crippen LogP contribution in [-0.2, 0) is 19.4 Å². The van der Waals surface area contributed by atoms with Gasteiger partial charge in [-0.3, -0.25) is 4.79 Å². The molecule has 1 fully saturated rings. The Hall–Kier alpha value is -0.620. The quantitative estimate of drug-likeness (QED) is 0.732. The summed E-state index contributed by atoms with van der Waals surface area (Å²) in [6, 6.07) is 0. The van der Waals surface area contributed by atoms with Crippen LogP contribution in [0.3, 0.4) is 0 Å². The molecule has 5 nitrogen and oxygen atoms in total. The number of carboxylic acid groups (broad SMARTS) is 1. The van der Waals surface area contributed by atoms with Gasteiger partial charge in [0.15, 0.2) is 14.6 Å². The summed E-state index contributed by atoms with van der Waals surface area (Å²) in [4.78, 5) is 10.7. The molecular formula is C9H16O5S. The topological polar surface area (TPSA) is 80.7 Å². The standard InChI is InChI=1S/C9H16O5S/c1-9(2,8(10)11)15(12,13)6-14-5-7-3-4-7/h7H,3-6H2,1-2H3,(H,10,11). The lowest BCUT2D eigenvalue weighted by atomic mass is 10.2. The van der Waals surface area contributed by atoms with Gasteiger partial charge in [0.25, 0.3) is 0 Å². The summed E-state index contributed by atoms with van der Waals surface area (Å²) in [6.07, 6.45) is 2.14. The van der Waals surface area contributed by atoms with E-state index in [0.29, 0.717) is 12.5 Å². The Morgan fingerprint density at radius 3 is 2.40 bits per heavy atom. The molecule has 1 saturated carbocycles. The second-order valence-electron chi connectivity index (χ2n) is 4.36. The number of carbonyl (C=O) groups is 1. The molecule has 1 N–H and O–H groups in total. The monoisotopic (exact) mass is 236 g/mol. The fourth-order valence-corrected chi connectivity index (χ4v) is 1.77. The summed E-state index contributed by atoms with van der Waals surface area (Å²) in [6.45, 7) is 2.76. The number of aliphatic carboxylic acids is 1. The molecule has 0 spiro atoms. The average molecular weight is 236 g/mol. The predicted molar refractivity (Wildman–Crippen MR) is 54.2 cm³/mol. The van der Waals surface area contributed by atoms with E-state index < -0.39 is 26.5 Å². The summed E-state index contributed by atoms with van der Waals surface area (Å²) in [5, 5.41) is 8.76. The first-order valence-corrected chi connectivity index (χ1v) is 6.46. The van der Waals surface area contributed by atoms with Gasteiger partial charge in [-0.25, -0.2) is 8.42 Å². The Morgan fingerprint density at radius 1 is 1.47 bits per heavy atom. The smallest absolute Gasteiger partial charge is 0.324 e. The van der Waals surface area contributed by atoms with Gasteiger partial charge in [-0.1, -0.05) is 0 Å². The zero-order valence-corrected chi connectivity index (χ0v) is 9.71. The molecule has 6 heteroatoms. The number of hydrogen-bond acceptors (Lipinski definition) is 4. The van der Waals surface area contributed by atoms with E-state index in [1.165, 1.54) is 13.8 Å². The molecule has 0 aromatic rings. The maximum Gasteiger partial charge on any atom is 0.324 e. The SMILES string of the molecule is CC(C)(C(=O)O)S(=O)(=O)COCC1CC1. The first kappa shape index (κ1) is 12.4. The van der Waals surface area contributed by atoms with E-state index >= 15 is 0 Å². The van der Waals surface area contributed by atoms with Gasteiger partial charge in [-0.15, -0.1) is 0 Å². The van der Waals surface area contributed by atoms with Gasteiger partial charge in [-0.05, 0) is 32.6 Å². The fraction of sp³-hybridized carbons (Fsp3) is 0.889. The van der Waals surface area contributed by atoms with Crippen LogP contribution in [0.15, 0.2) is 0 Å². The van der Waals surface area contributed by atoms with Gasteiger partial charge in [-0.2, -0.15) is 0 Å². The van der Waals surface area contributed by atoms with E-state index in [9.17, 15) is 13.2 Å². The Bertz CT molecular complexity index is 340. The Kier molecular flexibility index (Phi) is 3.40. The van der Waals surface area contributed by atoms with Crippen molar-refractivity contribution in [3.8, 4) is 0 Å². The van der Waals surface area contributed by atoms with Crippen LogP contribution in [0.5, 0.6) is 0 Å². The third kappa shape index (κ3) is 2.92. The molecule has 0 atom stereocenters. The molecule has 0 heterocycles. The molecule has 0 unspecified atom stereocenters. The molecule has 0 aromatic carbocycles. The van der Waals surface area contributed by atoms with Crippen LogP contribution in [0.2, 0.25) is 0 Å². The first-order chi connectivity index (χ1) is 6.77. The van der Waals surface area contributed by atoms with Gasteiger partial charge in [0, 0.05) is 0 Å². The van der Waals surface area contributed by atoms with Gasteiger partial charge in [0.2, 0.25) is 0 Å². The van der Waals surface area contributed by atoms with Gasteiger partial charge in [0.1, 0.15) is 5.94 Å². The summed E-state index contributed by atoms with van der Waals surface area (Å²) in [5.74, 6) is -1.39. The zero-order chi connectivity index (χ0) is 11.7. The molecule has 0 saturated heterocycles. The minimum Gasteiger partial charge on any atom is -0.480 e. The average Bonchev–Trinajstić information content (AvgIpc) is 2.87. The van der Waals surface area contributed by atoms with E-state index in [-0.39, 0.29) is 0 Å². The largest absolute Gasteiger partial charge is 0.480 e. The molecule has 0 aliphatic heterocycles. The maximum atomic E-state index is 11.6. The Labute approximate surface area is 89.3 Å². The van der Waals surface area contributed by atoms with E-state index in [4.69, 9.17) is 9.84 Å². The molecular weight excluding hydrogens is 220 g/mol. The van der Waals surface area contributed by atoms with Crippen molar-refractivity contribution in [3.05, 3.63) is 0 Å². The van der Waals surface area contributed by atoms with Gasteiger partial charge < -0.3 is 9.84 Å². The molecule has 0 aromatic heterocycles. The maximum absolute atomic E-state index is 11.6. The number of ether oxygens (including phenoxy) is 1. The van der Waals surface area contributed by atoms with Crippen molar-refractivity contribution >= 4 is 15.8 Å². The van der Waals surface area contributed by atoms with Gasteiger partial charge >= 0.3 is 5.97 Å². The Morgan fingerprint density at radius 2 is 2.00 bits per heavy atom. The predicted octanol–water partition coefficient (Wildman–Crippen LogP) is 0.649. The lowest BCUT2D eigenvalue weighted by molar-refractivity contribution is -0.139. The van der Waals surface area contributed by atoms with Crippen molar-refractivity contribution in [2.24, 2.45) is 5.92 Å². The van der Waals surface area contributed by atoms with Crippen LogP contribution < -0.4 is 0 Å². The summed E-state index contributed by atoms with van der Waals surface area (Å²) in [5.41, 5.74) is 0. The van der Waals surface area contributed by atoms with E-state index in [1.54, 1.807) is 0 Å². The lowest BCUT2D eigenvalue weighted by Crippen LogP contribution is -2.42. The molecule has 15 heavy (non-hydrogen) atoms.